The average Bonchev–Trinajstić information content (AvgIpc) is 2.70. The van der Waals surface area contributed by atoms with Gasteiger partial charge in [-0.15, -0.1) is 11.8 Å². The summed E-state index contributed by atoms with van der Waals surface area (Å²) in [5, 5.41) is 2.74. The molecular weight excluding hydrogens is 306 g/mol. The molecule has 0 aromatic heterocycles. The van der Waals surface area contributed by atoms with Crippen LogP contribution >= 0.6 is 27.7 Å². The van der Waals surface area contributed by atoms with Crippen molar-refractivity contribution >= 4 is 27.7 Å². The van der Waals surface area contributed by atoms with Crippen molar-refractivity contribution in [2.45, 2.75) is 39.6 Å². The third-order valence-corrected chi connectivity index (χ3v) is 5.17. The van der Waals surface area contributed by atoms with Crippen LogP contribution in [0.4, 0.5) is 0 Å². The lowest BCUT2D eigenvalue weighted by Crippen LogP contribution is -2.35. The third-order valence-electron chi connectivity index (χ3n) is 3.16. The van der Waals surface area contributed by atoms with Crippen molar-refractivity contribution in [3.8, 4) is 0 Å². The number of hydrogen-bond acceptors (Lipinski definition) is 2. The molecule has 3 heteroatoms. The predicted molar refractivity (Wildman–Crippen MR) is 84.4 cm³/mol. The lowest BCUT2D eigenvalue weighted by molar-refractivity contribution is 0.220. The van der Waals surface area contributed by atoms with Crippen molar-refractivity contribution < 1.29 is 0 Å². The van der Waals surface area contributed by atoms with E-state index in [4.69, 9.17) is 0 Å². The first-order valence-electron chi connectivity index (χ1n) is 6.21. The fraction of sp³-hybridized carbons (Fsp3) is 0.467. The van der Waals surface area contributed by atoms with Gasteiger partial charge in [-0.25, -0.2) is 0 Å². The number of nitrogens with zero attached hydrogens (tertiary/aromatic N) is 1. The van der Waals surface area contributed by atoms with Crippen molar-refractivity contribution in [3.05, 3.63) is 45.4 Å². The molecule has 0 aliphatic carbocycles. The summed E-state index contributed by atoms with van der Waals surface area (Å²) >= 11 is 5.44. The second-order valence-corrected chi connectivity index (χ2v) is 7.79. The molecule has 0 saturated heterocycles. The minimum atomic E-state index is 0.289. The normalized spacial score (nSPS) is 19.6. The van der Waals surface area contributed by atoms with E-state index in [2.05, 4.69) is 78.3 Å². The number of aryl methyl sites for hydroxylation is 1. The minimum absolute atomic E-state index is 0.289. The number of thioether (sulfide) groups is 1. The van der Waals surface area contributed by atoms with Gasteiger partial charge in [-0.05, 0) is 41.0 Å². The highest BCUT2D eigenvalue weighted by Gasteiger charge is 2.31. The van der Waals surface area contributed by atoms with E-state index in [1.807, 2.05) is 11.8 Å². The highest BCUT2D eigenvalue weighted by molar-refractivity contribution is 9.10. The summed E-state index contributed by atoms with van der Waals surface area (Å²) in [5.41, 5.74) is 3.04. The maximum absolute atomic E-state index is 3.52. The topological polar surface area (TPSA) is 3.24 Å². The van der Waals surface area contributed by atoms with E-state index in [1.54, 1.807) is 0 Å². The SMILES string of the molecule is Cc1cc(Br)ccc1CN1C=CSC1C(C)(C)C. The second kappa shape index (κ2) is 5.30. The minimum Gasteiger partial charge on any atom is -0.360 e. The third kappa shape index (κ3) is 3.12. The molecule has 1 unspecified atom stereocenters. The summed E-state index contributed by atoms with van der Waals surface area (Å²) in [6.45, 7) is 10.1. The molecule has 0 saturated carbocycles. The van der Waals surface area contributed by atoms with Crippen molar-refractivity contribution in [3.63, 3.8) is 0 Å². The Morgan fingerprint density at radius 3 is 2.67 bits per heavy atom. The van der Waals surface area contributed by atoms with Gasteiger partial charge in [0, 0.05) is 17.2 Å². The maximum atomic E-state index is 3.52. The van der Waals surface area contributed by atoms with Crippen LogP contribution in [0.2, 0.25) is 0 Å². The average molecular weight is 326 g/mol. The molecule has 1 aliphatic rings. The van der Waals surface area contributed by atoms with Crippen LogP contribution in [-0.2, 0) is 6.54 Å². The van der Waals surface area contributed by atoms with Crippen LogP contribution in [0.5, 0.6) is 0 Å². The molecule has 0 spiro atoms. The number of rotatable bonds is 2. The Kier molecular flexibility index (Phi) is 4.12. The molecule has 1 atom stereocenters. The van der Waals surface area contributed by atoms with E-state index in [0.717, 1.165) is 11.0 Å². The first-order valence-corrected chi connectivity index (χ1v) is 7.94. The van der Waals surface area contributed by atoms with Crippen LogP contribution in [0.25, 0.3) is 0 Å². The largest absolute Gasteiger partial charge is 0.360 e. The summed E-state index contributed by atoms with van der Waals surface area (Å²) in [5.74, 6) is 0. The van der Waals surface area contributed by atoms with Crippen LogP contribution in [-0.4, -0.2) is 10.3 Å². The van der Waals surface area contributed by atoms with Gasteiger partial charge in [0.05, 0.1) is 5.37 Å². The molecule has 18 heavy (non-hydrogen) atoms. The highest BCUT2D eigenvalue weighted by atomic mass is 79.9. The van der Waals surface area contributed by atoms with Gasteiger partial charge >= 0.3 is 0 Å². The Bertz CT molecular complexity index is 462. The zero-order valence-corrected chi connectivity index (χ0v) is 13.8. The number of hydrogen-bond donors (Lipinski definition) is 0. The van der Waals surface area contributed by atoms with E-state index < -0.39 is 0 Å². The summed E-state index contributed by atoms with van der Waals surface area (Å²) in [6.07, 6.45) is 2.22. The van der Waals surface area contributed by atoms with Gasteiger partial charge in [-0.1, -0.05) is 42.8 Å². The predicted octanol–water partition coefficient (Wildman–Crippen LogP) is 5.15. The number of benzene rings is 1. The van der Waals surface area contributed by atoms with Gasteiger partial charge < -0.3 is 4.90 Å². The molecule has 98 valence electrons. The summed E-state index contributed by atoms with van der Waals surface area (Å²) in [6, 6.07) is 6.53. The first kappa shape index (κ1) is 14.0. The van der Waals surface area contributed by atoms with Crippen molar-refractivity contribution in [1.82, 2.24) is 4.90 Å². The van der Waals surface area contributed by atoms with Crippen LogP contribution in [0.15, 0.2) is 34.3 Å². The Morgan fingerprint density at radius 1 is 1.33 bits per heavy atom. The van der Waals surface area contributed by atoms with Crippen LogP contribution in [0.1, 0.15) is 31.9 Å². The number of halogens is 1. The van der Waals surface area contributed by atoms with Crippen LogP contribution in [0, 0.1) is 12.3 Å². The Morgan fingerprint density at radius 2 is 2.06 bits per heavy atom. The molecule has 0 bridgehead atoms. The van der Waals surface area contributed by atoms with Crippen molar-refractivity contribution in [2.24, 2.45) is 5.41 Å². The van der Waals surface area contributed by atoms with Gasteiger partial charge in [0.25, 0.3) is 0 Å². The molecule has 1 aliphatic heterocycles. The summed E-state index contributed by atoms with van der Waals surface area (Å²) in [4.78, 5) is 2.45. The van der Waals surface area contributed by atoms with Crippen molar-refractivity contribution in [2.75, 3.05) is 0 Å². The van der Waals surface area contributed by atoms with E-state index in [9.17, 15) is 0 Å². The fourth-order valence-electron chi connectivity index (χ4n) is 2.21. The van der Waals surface area contributed by atoms with Gasteiger partial charge in [-0.2, -0.15) is 0 Å². The molecular formula is C15H20BrNS. The zero-order valence-electron chi connectivity index (χ0n) is 11.4. The molecule has 1 nitrogen and oxygen atoms in total. The second-order valence-electron chi connectivity index (χ2n) is 5.88. The Labute approximate surface area is 123 Å². The van der Waals surface area contributed by atoms with E-state index in [-0.39, 0.29) is 5.41 Å². The van der Waals surface area contributed by atoms with Gasteiger partial charge in [-0.3, -0.25) is 0 Å². The highest BCUT2D eigenvalue weighted by Crippen LogP contribution is 2.39. The lowest BCUT2D eigenvalue weighted by Gasteiger charge is -2.35. The fourth-order valence-corrected chi connectivity index (χ4v) is 3.78. The molecule has 2 rings (SSSR count). The van der Waals surface area contributed by atoms with E-state index in [1.165, 1.54) is 11.1 Å². The Hall–Kier alpha value is -0.410. The smallest absolute Gasteiger partial charge is 0.0837 e. The molecule has 0 radical (unpaired) electrons. The van der Waals surface area contributed by atoms with Gasteiger partial charge in [0.1, 0.15) is 0 Å². The summed E-state index contributed by atoms with van der Waals surface area (Å²) < 4.78 is 1.16. The first-order chi connectivity index (χ1) is 8.38. The molecule has 0 amide bonds. The lowest BCUT2D eigenvalue weighted by atomic mass is 9.95. The Balaban J connectivity index is 2.16. The molecule has 1 aromatic carbocycles. The van der Waals surface area contributed by atoms with Crippen LogP contribution in [0.3, 0.4) is 0 Å². The maximum Gasteiger partial charge on any atom is 0.0837 e. The van der Waals surface area contributed by atoms with Crippen molar-refractivity contribution in [1.29, 1.82) is 0 Å². The quantitative estimate of drug-likeness (QED) is 0.739. The molecule has 0 fully saturated rings. The summed E-state index contributed by atoms with van der Waals surface area (Å²) in [7, 11) is 0. The molecule has 1 aromatic rings. The van der Waals surface area contributed by atoms with E-state index in [0.29, 0.717) is 5.37 Å². The standard InChI is InChI=1S/C15H20BrNS/c1-11-9-13(16)6-5-12(11)10-17-7-8-18-14(17)15(2,3)4/h5-9,14H,10H2,1-4H3. The molecule has 1 heterocycles. The van der Waals surface area contributed by atoms with Crippen LogP contribution < -0.4 is 0 Å². The van der Waals surface area contributed by atoms with E-state index >= 15 is 0 Å². The monoisotopic (exact) mass is 325 g/mol. The molecule has 0 N–H and O–H groups in total. The zero-order chi connectivity index (χ0) is 13.3. The van der Waals surface area contributed by atoms with Gasteiger partial charge in [0.2, 0.25) is 0 Å². The van der Waals surface area contributed by atoms with Gasteiger partial charge in [0.15, 0.2) is 0 Å².